The minimum atomic E-state index is -0.463. The lowest BCUT2D eigenvalue weighted by Gasteiger charge is -2.05. The summed E-state index contributed by atoms with van der Waals surface area (Å²) >= 11 is 0. The van der Waals surface area contributed by atoms with E-state index >= 15 is 0 Å². The number of ketones is 1. The molecule has 0 spiro atoms. The Balaban J connectivity index is 1.56. The van der Waals surface area contributed by atoms with E-state index in [1.165, 1.54) is 35.9 Å². The summed E-state index contributed by atoms with van der Waals surface area (Å²) in [5, 5.41) is 10.7. The summed E-state index contributed by atoms with van der Waals surface area (Å²) in [6, 6.07) is 16.9. The van der Waals surface area contributed by atoms with Crippen LogP contribution in [0.15, 0.2) is 71.2 Å². The summed E-state index contributed by atoms with van der Waals surface area (Å²) < 4.78 is 11.2. The van der Waals surface area contributed by atoms with Crippen LogP contribution in [0.3, 0.4) is 0 Å². The number of nitrogens with zero attached hydrogens (tertiary/aromatic N) is 1. The van der Waals surface area contributed by atoms with Gasteiger partial charge >= 0.3 is 0 Å². The number of carbonyl (C=O) groups excluding carboxylic acids is 1. The highest BCUT2D eigenvalue weighted by Crippen LogP contribution is 2.20. The van der Waals surface area contributed by atoms with E-state index in [1.54, 1.807) is 18.2 Å². The van der Waals surface area contributed by atoms with E-state index in [0.717, 1.165) is 0 Å². The first-order valence-corrected chi connectivity index (χ1v) is 9.20. The third-order valence-electron chi connectivity index (χ3n) is 4.37. The van der Waals surface area contributed by atoms with Crippen molar-refractivity contribution in [3.05, 3.63) is 99.5 Å². The van der Waals surface area contributed by atoms with E-state index in [-0.39, 0.29) is 18.1 Å². The summed E-state index contributed by atoms with van der Waals surface area (Å²) in [4.78, 5) is 22.5. The molecule has 3 aromatic rings. The third kappa shape index (κ3) is 5.42. The molecule has 0 amide bonds. The van der Waals surface area contributed by atoms with E-state index < -0.39 is 4.92 Å². The Morgan fingerprint density at radius 1 is 1.07 bits per heavy atom. The molecule has 0 fully saturated rings. The number of benzene rings is 2. The van der Waals surface area contributed by atoms with Crippen molar-refractivity contribution in [2.75, 3.05) is 0 Å². The predicted molar refractivity (Wildman–Crippen MR) is 110 cm³/mol. The number of non-ortho nitro benzene ring substituents is 1. The molecule has 1 heterocycles. The van der Waals surface area contributed by atoms with Crippen LogP contribution in [-0.2, 0) is 6.61 Å². The highest BCUT2D eigenvalue weighted by atomic mass is 16.6. The number of ether oxygens (including phenoxy) is 1. The van der Waals surface area contributed by atoms with Gasteiger partial charge < -0.3 is 9.15 Å². The highest BCUT2D eigenvalue weighted by molar-refractivity contribution is 6.06. The summed E-state index contributed by atoms with van der Waals surface area (Å²) in [5.74, 6) is 1.95. The van der Waals surface area contributed by atoms with Gasteiger partial charge in [0.2, 0.25) is 0 Å². The zero-order valence-electron chi connectivity index (χ0n) is 16.2. The van der Waals surface area contributed by atoms with Crippen LogP contribution >= 0.6 is 0 Å². The second-order valence-corrected chi connectivity index (χ2v) is 6.82. The van der Waals surface area contributed by atoms with Crippen molar-refractivity contribution >= 4 is 17.5 Å². The van der Waals surface area contributed by atoms with Gasteiger partial charge in [-0.3, -0.25) is 14.9 Å². The van der Waals surface area contributed by atoms with Crippen LogP contribution < -0.4 is 4.74 Å². The molecule has 29 heavy (non-hydrogen) atoms. The van der Waals surface area contributed by atoms with Gasteiger partial charge in [-0.15, -0.1) is 0 Å². The van der Waals surface area contributed by atoms with E-state index in [9.17, 15) is 14.9 Å². The Bertz CT molecular complexity index is 1010. The summed E-state index contributed by atoms with van der Waals surface area (Å²) in [6.45, 7) is 4.39. The molecule has 6 nitrogen and oxygen atoms in total. The van der Waals surface area contributed by atoms with Crippen molar-refractivity contribution in [2.24, 2.45) is 0 Å². The molecule has 0 bridgehead atoms. The fourth-order valence-electron chi connectivity index (χ4n) is 2.67. The van der Waals surface area contributed by atoms with Gasteiger partial charge in [0.25, 0.3) is 5.69 Å². The topological polar surface area (TPSA) is 82.6 Å². The van der Waals surface area contributed by atoms with Crippen LogP contribution in [0.4, 0.5) is 5.69 Å². The molecule has 0 N–H and O–H groups in total. The first kappa shape index (κ1) is 20.1. The fraction of sp³-hybridized carbons (Fsp3) is 0.174. The minimum absolute atomic E-state index is 0.00582. The Kier molecular flexibility index (Phi) is 6.24. The first-order chi connectivity index (χ1) is 13.9. The lowest BCUT2D eigenvalue weighted by atomic mass is 10.0. The molecule has 0 aliphatic rings. The molecule has 0 atom stereocenters. The van der Waals surface area contributed by atoms with Crippen LogP contribution in [0.25, 0.3) is 6.08 Å². The Morgan fingerprint density at radius 2 is 1.76 bits per heavy atom. The van der Waals surface area contributed by atoms with E-state index in [4.69, 9.17) is 9.15 Å². The monoisotopic (exact) mass is 391 g/mol. The normalized spacial score (nSPS) is 11.1. The van der Waals surface area contributed by atoms with Crippen molar-refractivity contribution in [3.8, 4) is 5.75 Å². The number of hydrogen-bond acceptors (Lipinski definition) is 5. The van der Waals surface area contributed by atoms with Gasteiger partial charge in [0.05, 0.1) is 4.92 Å². The lowest BCUT2D eigenvalue weighted by Crippen LogP contribution is -1.95. The second kappa shape index (κ2) is 9.01. The van der Waals surface area contributed by atoms with E-state index in [2.05, 4.69) is 13.8 Å². The zero-order valence-corrected chi connectivity index (χ0v) is 16.2. The smallest absolute Gasteiger partial charge is 0.269 e. The van der Waals surface area contributed by atoms with Gasteiger partial charge in [0.1, 0.15) is 23.9 Å². The first-order valence-electron chi connectivity index (χ1n) is 9.20. The molecule has 0 saturated carbocycles. The van der Waals surface area contributed by atoms with E-state index in [0.29, 0.717) is 28.8 Å². The van der Waals surface area contributed by atoms with Crippen LogP contribution in [0.5, 0.6) is 5.75 Å². The van der Waals surface area contributed by atoms with Crippen molar-refractivity contribution in [1.29, 1.82) is 0 Å². The molecule has 0 radical (unpaired) electrons. The molecule has 0 aliphatic heterocycles. The quantitative estimate of drug-likeness (QED) is 0.210. The number of carbonyl (C=O) groups is 1. The van der Waals surface area contributed by atoms with Gasteiger partial charge in [-0.05, 0) is 47.9 Å². The molecule has 6 heteroatoms. The molecule has 3 rings (SSSR count). The molecule has 0 unspecified atom stereocenters. The van der Waals surface area contributed by atoms with Gasteiger partial charge in [-0.2, -0.15) is 0 Å². The lowest BCUT2D eigenvalue weighted by molar-refractivity contribution is -0.384. The van der Waals surface area contributed by atoms with Crippen LogP contribution in [0.1, 0.15) is 47.2 Å². The number of allylic oxidation sites excluding steroid dienone is 1. The fourth-order valence-corrected chi connectivity index (χ4v) is 2.67. The van der Waals surface area contributed by atoms with Crippen molar-refractivity contribution in [3.63, 3.8) is 0 Å². The van der Waals surface area contributed by atoms with Gasteiger partial charge in [0.15, 0.2) is 5.78 Å². The van der Waals surface area contributed by atoms with E-state index in [1.807, 2.05) is 24.3 Å². The molecule has 0 aliphatic carbocycles. The largest absolute Gasteiger partial charge is 0.486 e. The van der Waals surface area contributed by atoms with Crippen LogP contribution in [0.2, 0.25) is 0 Å². The summed E-state index contributed by atoms with van der Waals surface area (Å²) in [5.41, 5.74) is 1.82. The SMILES string of the molecule is CC(C)c1ccc(C(=O)/C=C/c2ccc(COc3ccc([N+](=O)[O-])cc3)o2)cc1. The molecule has 148 valence electrons. The van der Waals surface area contributed by atoms with Crippen molar-refractivity contribution in [2.45, 2.75) is 26.4 Å². The van der Waals surface area contributed by atoms with Gasteiger partial charge in [-0.1, -0.05) is 38.1 Å². The zero-order chi connectivity index (χ0) is 20.8. The number of furan rings is 1. The highest BCUT2D eigenvalue weighted by Gasteiger charge is 2.07. The second-order valence-electron chi connectivity index (χ2n) is 6.82. The Hall–Kier alpha value is -3.67. The third-order valence-corrected chi connectivity index (χ3v) is 4.37. The number of rotatable bonds is 8. The Labute approximate surface area is 168 Å². The number of nitro benzene ring substituents is 1. The number of nitro groups is 1. The predicted octanol–water partition coefficient (Wildman–Crippen LogP) is 5.79. The van der Waals surface area contributed by atoms with Crippen LogP contribution in [-0.4, -0.2) is 10.7 Å². The number of hydrogen-bond donors (Lipinski definition) is 0. The van der Waals surface area contributed by atoms with Crippen molar-refractivity contribution in [1.82, 2.24) is 0 Å². The molecule has 0 saturated heterocycles. The average molecular weight is 391 g/mol. The molecular formula is C23H21NO5. The standard InChI is InChI=1S/C23H21NO5/c1-16(2)17-3-5-18(6-4-17)23(25)14-13-21-11-12-22(29-21)15-28-20-9-7-19(8-10-20)24(26)27/h3-14,16H,15H2,1-2H3/b14-13+. The summed E-state index contributed by atoms with van der Waals surface area (Å²) in [7, 11) is 0. The van der Waals surface area contributed by atoms with Crippen LogP contribution in [0, 0.1) is 10.1 Å². The molecule has 2 aromatic carbocycles. The minimum Gasteiger partial charge on any atom is -0.486 e. The average Bonchev–Trinajstić information content (AvgIpc) is 3.18. The Morgan fingerprint density at radius 3 is 2.38 bits per heavy atom. The molecular weight excluding hydrogens is 370 g/mol. The van der Waals surface area contributed by atoms with Crippen molar-refractivity contribution < 1.29 is 18.9 Å². The maximum atomic E-state index is 12.3. The van der Waals surface area contributed by atoms with Gasteiger partial charge in [0, 0.05) is 17.7 Å². The maximum Gasteiger partial charge on any atom is 0.269 e. The maximum absolute atomic E-state index is 12.3. The summed E-state index contributed by atoms with van der Waals surface area (Å²) in [6.07, 6.45) is 3.10. The van der Waals surface area contributed by atoms with Gasteiger partial charge in [-0.25, -0.2) is 0 Å². The molecule has 1 aromatic heterocycles.